The van der Waals surface area contributed by atoms with Crippen LogP contribution in [0.4, 0.5) is 0 Å². The maximum Gasteiger partial charge on any atom is 0.204 e. The zero-order valence-electron chi connectivity index (χ0n) is 9.99. The molecule has 1 rings (SSSR count). The Kier molecular flexibility index (Phi) is 4.01. The summed E-state index contributed by atoms with van der Waals surface area (Å²) in [4.78, 5) is 16.2. The lowest BCUT2D eigenvalue weighted by atomic mass is 9.90. The van der Waals surface area contributed by atoms with E-state index in [0.29, 0.717) is 17.9 Å². The summed E-state index contributed by atoms with van der Waals surface area (Å²) in [5, 5.41) is 0. The van der Waals surface area contributed by atoms with Gasteiger partial charge in [0.25, 0.3) is 0 Å². The van der Waals surface area contributed by atoms with Gasteiger partial charge in [0.15, 0.2) is 0 Å². The van der Waals surface area contributed by atoms with Crippen LogP contribution < -0.4 is 10.5 Å². The van der Waals surface area contributed by atoms with E-state index in [-0.39, 0.29) is 5.78 Å². The van der Waals surface area contributed by atoms with E-state index in [9.17, 15) is 4.79 Å². The SMILES string of the molecule is CCCC(C)(N)C(=O)c1ncccc1OC. The number of methoxy groups -OCH3 is 1. The highest BCUT2D eigenvalue weighted by Crippen LogP contribution is 2.21. The first-order chi connectivity index (χ1) is 7.53. The van der Waals surface area contributed by atoms with Crippen molar-refractivity contribution in [1.29, 1.82) is 0 Å². The fraction of sp³-hybridized carbons (Fsp3) is 0.500. The number of nitrogens with two attached hydrogens (primary N) is 1. The minimum atomic E-state index is -0.879. The zero-order chi connectivity index (χ0) is 12.2. The molecular weight excluding hydrogens is 204 g/mol. The Hall–Kier alpha value is -1.42. The van der Waals surface area contributed by atoms with Gasteiger partial charge in [0.1, 0.15) is 11.4 Å². The number of ketones is 1. The van der Waals surface area contributed by atoms with Crippen LogP contribution in [0.15, 0.2) is 18.3 Å². The van der Waals surface area contributed by atoms with Crippen LogP contribution in [-0.2, 0) is 0 Å². The summed E-state index contributed by atoms with van der Waals surface area (Å²) in [5.74, 6) is 0.298. The second-order valence-electron chi connectivity index (χ2n) is 4.05. The second kappa shape index (κ2) is 5.07. The molecule has 0 saturated heterocycles. The molecule has 1 unspecified atom stereocenters. The first-order valence-corrected chi connectivity index (χ1v) is 5.35. The van der Waals surface area contributed by atoms with Gasteiger partial charge in [-0.1, -0.05) is 13.3 Å². The zero-order valence-corrected chi connectivity index (χ0v) is 9.99. The molecule has 88 valence electrons. The molecule has 0 aliphatic carbocycles. The minimum Gasteiger partial charge on any atom is -0.494 e. The molecule has 0 radical (unpaired) electrons. The normalized spacial score (nSPS) is 14.2. The summed E-state index contributed by atoms with van der Waals surface area (Å²) < 4.78 is 5.10. The maximum atomic E-state index is 12.2. The van der Waals surface area contributed by atoms with E-state index in [1.165, 1.54) is 7.11 Å². The fourth-order valence-corrected chi connectivity index (χ4v) is 1.63. The van der Waals surface area contributed by atoms with E-state index in [1.54, 1.807) is 25.3 Å². The van der Waals surface area contributed by atoms with Crippen LogP contribution in [0, 0.1) is 0 Å². The third-order valence-corrected chi connectivity index (χ3v) is 2.49. The smallest absolute Gasteiger partial charge is 0.204 e. The summed E-state index contributed by atoms with van der Waals surface area (Å²) in [6, 6.07) is 3.44. The molecule has 4 heteroatoms. The Morgan fingerprint density at radius 3 is 2.88 bits per heavy atom. The van der Waals surface area contributed by atoms with Gasteiger partial charge in [-0.25, -0.2) is 4.98 Å². The number of ether oxygens (including phenoxy) is 1. The highest BCUT2D eigenvalue weighted by atomic mass is 16.5. The van der Waals surface area contributed by atoms with Crippen LogP contribution in [0.3, 0.4) is 0 Å². The van der Waals surface area contributed by atoms with Crippen LogP contribution in [0.25, 0.3) is 0 Å². The highest BCUT2D eigenvalue weighted by molar-refractivity contribution is 6.03. The van der Waals surface area contributed by atoms with E-state index in [1.807, 2.05) is 6.92 Å². The van der Waals surface area contributed by atoms with Crippen molar-refractivity contribution >= 4 is 5.78 Å². The molecule has 0 aliphatic heterocycles. The van der Waals surface area contributed by atoms with Gasteiger partial charge in [0.05, 0.1) is 12.6 Å². The predicted octanol–water partition coefficient (Wildman–Crippen LogP) is 1.79. The van der Waals surface area contributed by atoms with Crippen molar-refractivity contribution in [1.82, 2.24) is 4.98 Å². The van der Waals surface area contributed by atoms with Crippen LogP contribution in [0.1, 0.15) is 37.2 Å². The van der Waals surface area contributed by atoms with Gasteiger partial charge in [-0.3, -0.25) is 4.79 Å². The van der Waals surface area contributed by atoms with Gasteiger partial charge in [0.2, 0.25) is 5.78 Å². The number of pyridine rings is 1. The van der Waals surface area contributed by atoms with Crippen LogP contribution in [0.5, 0.6) is 5.75 Å². The predicted molar refractivity (Wildman–Crippen MR) is 62.6 cm³/mol. The molecule has 0 amide bonds. The lowest BCUT2D eigenvalue weighted by molar-refractivity contribution is 0.0884. The molecule has 0 fully saturated rings. The minimum absolute atomic E-state index is 0.174. The van der Waals surface area contributed by atoms with E-state index in [2.05, 4.69) is 4.98 Å². The number of rotatable bonds is 5. The molecule has 0 saturated carbocycles. The summed E-state index contributed by atoms with van der Waals surface area (Å²) in [7, 11) is 1.52. The first-order valence-electron chi connectivity index (χ1n) is 5.35. The highest BCUT2D eigenvalue weighted by Gasteiger charge is 2.31. The number of hydrogen-bond acceptors (Lipinski definition) is 4. The molecule has 1 heterocycles. The lowest BCUT2D eigenvalue weighted by Crippen LogP contribution is -2.45. The monoisotopic (exact) mass is 222 g/mol. The molecule has 1 atom stereocenters. The topological polar surface area (TPSA) is 65.2 Å². The molecule has 0 aromatic carbocycles. The maximum absolute atomic E-state index is 12.2. The van der Waals surface area contributed by atoms with Crippen molar-refractivity contribution in [2.24, 2.45) is 5.73 Å². The molecule has 0 bridgehead atoms. The quantitative estimate of drug-likeness (QED) is 0.771. The summed E-state index contributed by atoms with van der Waals surface area (Å²) in [6.45, 7) is 3.72. The third-order valence-electron chi connectivity index (χ3n) is 2.49. The Bertz CT molecular complexity index is 375. The molecular formula is C12H18N2O2. The molecule has 2 N–H and O–H groups in total. The van der Waals surface area contributed by atoms with Gasteiger partial charge in [-0.15, -0.1) is 0 Å². The largest absolute Gasteiger partial charge is 0.494 e. The van der Waals surface area contributed by atoms with E-state index >= 15 is 0 Å². The fourth-order valence-electron chi connectivity index (χ4n) is 1.63. The van der Waals surface area contributed by atoms with Crippen molar-refractivity contribution in [2.75, 3.05) is 7.11 Å². The van der Waals surface area contributed by atoms with Gasteiger partial charge in [-0.05, 0) is 25.5 Å². The van der Waals surface area contributed by atoms with Crippen LogP contribution in [0.2, 0.25) is 0 Å². The number of nitrogens with zero attached hydrogens (tertiary/aromatic N) is 1. The van der Waals surface area contributed by atoms with Crippen molar-refractivity contribution in [3.63, 3.8) is 0 Å². The van der Waals surface area contributed by atoms with Crippen molar-refractivity contribution in [3.05, 3.63) is 24.0 Å². The Morgan fingerprint density at radius 1 is 1.62 bits per heavy atom. The molecule has 16 heavy (non-hydrogen) atoms. The van der Waals surface area contributed by atoms with Gasteiger partial charge in [0, 0.05) is 6.20 Å². The Morgan fingerprint density at radius 2 is 2.31 bits per heavy atom. The molecule has 4 nitrogen and oxygen atoms in total. The first kappa shape index (κ1) is 12.6. The lowest BCUT2D eigenvalue weighted by Gasteiger charge is -2.22. The van der Waals surface area contributed by atoms with Gasteiger partial charge in [-0.2, -0.15) is 0 Å². The van der Waals surface area contributed by atoms with Gasteiger partial charge >= 0.3 is 0 Å². The Labute approximate surface area is 95.8 Å². The molecule has 1 aromatic heterocycles. The number of Topliss-reactive ketones (excluding diaryl/α,β-unsaturated/α-hetero) is 1. The summed E-state index contributed by atoms with van der Waals surface area (Å²) in [5.41, 5.74) is 5.41. The van der Waals surface area contributed by atoms with E-state index in [4.69, 9.17) is 10.5 Å². The second-order valence-corrected chi connectivity index (χ2v) is 4.05. The number of carbonyl (C=O) groups is 1. The van der Waals surface area contributed by atoms with Crippen molar-refractivity contribution < 1.29 is 9.53 Å². The van der Waals surface area contributed by atoms with E-state index in [0.717, 1.165) is 6.42 Å². The molecule has 1 aromatic rings. The van der Waals surface area contributed by atoms with E-state index < -0.39 is 5.54 Å². The molecule has 0 spiro atoms. The standard InChI is InChI=1S/C12H18N2O2/c1-4-7-12(2,13)11(15)10-9(16-3)6-5-8-14-10/h5-6,8H,4,7,13H2,1-3H3. The number of hydrogen-bond donors (Lipinski definition) is 1. The Balaban J connectivity index is 3.04. The third kappa shape index (κ3) is 2.58. The average Bonchev–Trinajstić information content (AvgIpc) is 2.28. The molecule has 0 aliphatic rings. The summed E-state index contributed by atoms with van der Waals surface area (Å²) in [6.07, 6.45) is 3.05. The average molecular weight is 222 g/mol. The van der Waals surface area contributed by atoms with Crippen molar-refractivity contribution in [3.8, 4) is 5.75 Å². The van der Waals surface area contributed by atoms with Crippen LogP contribution in [-0.4, -0.2) is 23.4 Å². The number of aromatic nitrogens is 1. The number of carbonyl (C=O) groups excluding carboxylic acids is 1. The van der Waals surface area contributed by atoms with Gasteiger partial charge < -0.3 is 10.5 Å². The van der Waals surface area contributed by atoms with Crippen LogP contribution >= 0.6 is 0 Å². The summed E-state index contributed by atoms with van der Waals surface area (Å²) >= 11 is 0. The van der Waals surface area contributed by atoms with Crippen molar-refractivity contribution in [2.45, 2.75) is 32.2 Å².